The summed E-state index contributed by atoms with van der Waals surface area (Å²) in [5, 5.41) is 0. The molecule has 0 heterocycles. The van der Waals surface area contributed by atoms with Crippen LogP contribution in [0.15, 0.2) is 18.2 Å². The quantitative estimate of drug-likeness (QED) is 0.549. The lowest BCUT2D eigenvalue weighted by molar-refractivity contribution is 0.112. The predicted octanol–water partition coefficient (Wildman–Crippen LogP) is 2.43. The Morgan fingerprint density at radius 3 is 2.92 bits per heavy atom. The largest absolute Gasteiger partial charge is 0.492 e. The zero-order valence-corrected chi connectivity index (χ0v) is 8.17. The van der Waals surface area contributed by atoms with E-state index >= 15 is 0 Å². The van der Waals surface area contributed by atoms with E-state index in [1.54, 1.807) is 6.07 Å². The molecule has 0 N–H and O–H groups in total. The van der Waals surface area contributed by atoms with Gasteiger partial charge in [-0.25, -0.2) is 0 Å². The fourth-order valence-corrected chi connectivity index (χ4v) is 1.09. The lowest BCUT2D eigenvalue weighted by atomic mass is 10.1. The van der Waals surface area contributed by atoms with Crippen molar-refractivity contribution in [3.05, 3.63) is 29.3 Å². The number of alkyl halides is 1. The first-order chi connectivity index (χ1) is 6.27. The molecule has 70 valence electrons. The third-order valence-corrected chi connectivity index (χ3v) is 1.79. The maximum atomic E-state index is 10.6. The molecule has 0 aliphatic rings. The normalized spacial score (nSPS) is 9.69. The SMILES string of the molecule is Cc1ccc(C=O)c(OCCCl)c1. The van der Waals surface area contributed by atoms with Gasteiger partial charge in [0, 0.05) is 0 Å². The Balaban J connectivity index is 2.87. The van der Waals surface area contributed by atoms with Crippen LogP contribution in [0, 0.1) is 6.92 Å². The zero-order valence-electron chi connectivity index (χ0n) is 7.42. The molecule has 0 spiro atoms. The van der Waals surface area contributed by atoms with Gasteiger partial charge in [0.1, 0.15) is 12.4 Å². The van der Waals surface area contributed by atoms with E-state index in [0.29, 0.717) is 23.8 Å². The molecular formula is C10H11ClO2. The molecule has 1 aromatic carbocycles. The monoisotopic (exact) mass is 198 g/mol. The number of hydrogen-bond acceptors (Lipinski definition) is 2. The summed E-state index contributed by atoms with van der Waals surface area (Å²) in [5.74, 6) is 1.03. The first-order valence-electron chi connectivity index (χ1n) is 4.02. The van der Waals surface area contributed by atoms with Crippen LogP contribution in [0.2, 0.25) is 0 Å². The Labute approximate surface area is 82.5 Å². The van der Waals surface area contributed by atoms with Crippen molar-refractivity contribution in [2.24, 2.45) is 0 Å². The summed E-state index contributed by atoms with van der Waals surface area (Å²) < 4.78 is 5.29. The van der Waals surface area contributed by atoms with Crippen LogP contribution in [0.25, 0.3) is 0 Å². The second kappa shape index (κ2) is 4.87. The highest BCUT2D eigenvalue weighted by Gasteiger charge is 2.01. The molecule has 0 unspecified atom stereocenters. The zero-order chi connectivity index (χ0) is 9.68. The first-order valence-corrected chi connectivity index (χ1v) is 4.56. The van der Waals surface area contributed by atoms with E-state index in [1.165, 1.54) is 0 Å². The van der Waals surface area contributed by atoms with E-state index in [2.05, 4.69) is 0 Å². The van der Waals surface area contributed by atoms with Crippen LogP contribution in [-0.2, 0) is 0 Å². The molecule has 0 aliphatic carbocycles. The molecule has 3 heteroatoms. The minimum Gasteiger partial charge on any atom is -0.492 e. The highest BCUT2D eigenvalue weighted by Crippen LogP contribution is 2.18. The Morgan fingerprint density at radius 2 is 2.31 bits per heavy atom. The van der Waals surface area contributed by atoms with Crippen LogP contribution < -0.4 is 4.74 Å². The maximum absolute atomic E-state index is 10.6. The molecule has 0 saturated carbocycles. The number of carbonyl (C=O) groups excluding carboxylic acids is 1. The average Bonchev–Trinajstić information content (AvgIpc) is 2.15. The van der Waals surface area contributed by atoms with Crippen LogP contribution in [0.3, 0.4) is 0 Å². The van der Waals surface area contributed by atoms with E-state index in [4.69, 9.17) is 16.3 Å². The van der Waals surface area contributed by atoms with Crippen molar-refractivity contribution in [3.63, 3.8) is 0 Å². The molecule has 0 bridgehead atoms. The summed E-state index contributed by atoms with van der Waals surface area (Å²) in [7, 11) is 0. The van der Waals surface area contributed by atoms with Gasteiger partial charge in [-0.1, -0.05) is 6.07 Å². The number of benzene rings is 1. The van der Waals surface area contributed by atoms with Crippen molar-refractivity contribution in [2.75, 3.05) is 12.5 Å². The third-order valence-electron chi connectivity index (χ3n) is 1.63. The van der Waals surface area contributed by atoms with Gasteiger partial charge in [0.15, 0.2) is 6.29 Å². The van der Waals surface area contributed by atoms with Crippen LogP contribution in [0.4, 0.5) is 0 Å². The predicted molar refractivity (Wildman–Crippen MR) is 52.8 cm³/mol. The van der Waals surface area contributed by atoms with Gasteiger partial charge in [-0.2, -0.15) is 0 Å². The maximum Gasteiger partial charge on any atom is 0.153 e. The van der Waals surface area contributed by atoms with Gasteiger partial charge in [-0.05, 0) is 24.6 Å². The number of ether oxygens (including phenoxy) is 1. The standard InChI is InChI=1S/C10H11ClO2/c1-8-2-3-9(7-12)10(6-8)13-5-4-11/h2-3,6-7H,4-5H2,1H3. The Bertz CT molecular complexity index is 297. The van der Waals surface area contributed by atoms with Gasteiger partial charge in [-0.3, -0.25) is 4.79 Å². The smallest absolute Gasteiger partial charge is 0.153 e. The Hall–Kier alpha value is -1.02. The minimum atomic E-state index is 0.422. The second-order valence-electron chi connectivity index (χ2n) is 2.70. The number of aryl methyl sites for hydroxylation is 1. The lowest BCUT2D eigenvalue weighted by Crippen LogP contribution is -2.00. The van der Waals surface area contributed by atoms with Gasteiger partial charge < -0.3 is 4.74 Å². The molecule has 0 radical (unpaired) electrons. The van der Waals surface area contributed by atoms with Crippen molar-refractivity contribution in [2.45, 2.75) is 6.92 Å². The minimum absolute atomic E-state index is 0.422. The van der Waals surface area contributed by atoms with Gasteiger partial charge >= 0.3 is 0 Å². The van der Waals surface area contributed by atoms with Crippen LogP contribution in [0.1, 0.15) is 15.9 Å². The van der Waals surface area contributed by atoms with Crippen molar-refractivity contribution < 1.29 is 9.53 Å². The van der Waals surface area contributed by atoms with Gasteiger partial charge in [0.05, 0.1) is 11.4 Å². The molecule has 0 aliphatic heterocycles. The number of rotatable bonds is 4. The topological polar surface area (TPSA) is 26.3 Å². The Kier molecular flexibility index (Phi) is 3.77. The van der Waals surface area contributed by atoms with E-state index in [9.17, 15) is 4.79 Å². The molecule has 0 atom stereocenters. The molecule has 0 fully saturated rings. The lowest BCUT2D eigenvalue weighted by Gasteiger charge is -2.06. The van der Waals surface area contributed by atoms with E-state index in [0.717, 1.165) is 11.8 Å². The molecule has 1 aromatic rings. The second-order valence-corrected chi connectivity index (χ2v) is 3.07. The number of aldehydes is 1. The Morgan fingerprint density at radius 1 is 1.54 bits per heavy atom. The molecule has 0 aromatic heterocycles. The van der Waals surface area contributed by atoms with Gasteiger partial charge in [0.25, 0.3) is 0 Å². The van der Waals surface area contributed by atoms with Crippen molar-refractivity contribution in [1.82, 2.24) is 0 Å². The number of halogens is 1. The highest BCUT2D eigenvalue weighted by molar-refractivity contribution is 6.18. The summed E-state index contributed by atoms with van der Waals surface area (Å²) in [4.78, 5) is 10.6. The van der Waals surface area contributed by atoms with Crippen LogP contribution in [0.5, 0.6) is 5.75 Å². The van der Waals surface area contributed by atoms with Crippen molar-refractivity contribution >= 4 is 17.9 Å². The van der Waals surface area contributed by atoms with E-state index in [1.807, 2.05) is 19.1 Å². The highest BCUT2D eigenvalue weighted by atomic mass is 35.5. The summed E-state index contributed by atoms with van der Waals surface area (Å²) in [6, 6.07) is 5.44. The summed E-state index contributed by atoms with van der Waals surface area (Å²) in [6.07, 6.45) is 0.781. The summed E-state index contributed by atoms with van der Waals surface area (Å²) >= 11 is 5.47. The molecule has 13 heavy (non-hydrogen) atoms. The van der Waals surface area contributed by atoms with Crippen LogP contribution >= 0.6 is 11.6 Å². The molecule has 1 rings (SSSR count). The van der Waals surface area contributed by atoms with Crippen LogP contribution in [-0.4, -0.2) is 18.8 Å². The molecule has 0 saturated heterocycles. The summed E-state index contributed by atoms with van der Waals surface area (Å²) in [5.41, 5.74) is 1.63. The van der Waals surface area contributed by atoms with Crippen molar-refractivity contribution in [1.29, 1.82) is 0 Å². The fraction of sp³-hybridized carbons (Fsp3) is 0.300. The fourth-order valence-electron chi connectivity index (χ4n) is 1.01. The molecule has 0 amide bonds. The third kappa shape index (κ3) is 2.74. The average molecular weight is 199 g/mol. The molecule has 2 nitrogen and oxygen atoms in total. The number of hydrogen-bond donors (Lipinski definition) is 0. The van der Waals surface area contributed by atoms with Crippen molar-refractivity contribution in [3.8, 4) is 5.75 Å². The van der Waals surface area contributed by atoms with E-state index in [-0.39, 0.29) is 0 Å². The number of carbonyl (C=O) groups is 1. The molecular weight excluding hydrogens is 188 g/mol. The first kappa shape index (κ1) is 10.1. The van der Waals surface area contributed by atoms with Gasteiger partial charge in [0.2, 0.25) is 0 Å². The van der Waals surface area contributed by atoms with Gasteiger partial charge in [-0.15, -0.1) is 11.6 Å². The van der Waals surface area contributed by atoms with E-state index < -0.39 is 0 Å². The summed E-state index contributed by atoms with van der Waals surface area (Å²) in [6.45, 7) is 2.37.